The third kappa shape index (κ3) is 4.21. The third-order valence-corrected chi connectivity index (χ3v) is 5.72. The van der Waals surface area contributed by atoms with Crippen LogP contribution in [0.1, 0.15) is 48.5 Å². The van der Waals surface area contributed by atoms with E-state index in [0.717, 1.165) is 24.9 Å². The summed E-state index contributed by atoms with van der Waals surface area (Å²) in [6.07, 6.45) is 3.80. The minimum absolute atomic E-state index is 0.176. The second kappa shape index (κ2) is 8.01. The number of aryl methyl sites for hydroxylation is 1. The number of thiophene rings is 1. The van der Waals surface area contributed by atoms with Crippen molar-refractivity contribution in [2.24, 2.45) is 0 Å². The van der Waals surface area contributed by atoms with E-state index in [4.69, 9.17) is 4.74 Å². The number of amides is 1. The first-order valence-electron chi connectivity index (χ1n) is 8.23. The molecule has 0 saturated heterocycles. The van der Waals surface area contributed by atoms with E-state index in [2.05, 4.69) is 15.5 Å². The molecule has 1 saturated carbocycles. The molecule has 1 N–H and O–H groups in total. The Bertz CT molecular complexity index is 767. The first-order valence-corrected chi connectivity index (χ1v) is 10.1. The number of esters is 1. The van der Waals surface area contributed by atoms with E-state index in [0.29, 0.717) is 28.2 Å². The van der Waals surface area contributed by atoms with Gasteiger partial charge in [-0.25, -0.2) is 4.79 Å². The van der Waals surface area contributed by atoms with Crippen LogP contribution in [0.15, 0.2) is 16.9 Å². The molecular formula is C16H20N4O3S2. The Morgan fingerprint density at radius 3 is 2.92 bits per heavy atom. The molecule has 1 aliphatic rings. The molecule has 0 aromatic carbocycles. The van der Waals surface area contributed by atoms with E-state index in [9.17, 15) is 9.59 Å². The zero-order valence-electron chi connectivity index (χ0n) is 14.2. The maximum atomic E-state index is 12.3. The summed E-state index contributed by atoms with van der Waals surface area (Å²) in [4.78, 5) is 24.6. The number of hydrogen-bond acceptors (Lipinski definition) is 7. The Kier molecular flexibility index (Phi) is 5.74. The lowest BCUT2D eigenvalue weighted by Gasteiger charge is -2.08. The molecule has 1 amide bonds. The number of anilines is 1. The molecule has 2 aromatic heterocycles. The summed E-state index contributed by atoms with van der Waals surface area (Å²) < 4.78 is 7.04. The summed E-state index contributed by atoms with van der Waals surface area (Å²) in [5.74, 6) is 0.0842. The molecule has 2 heterocycles. The molecule has 0 spiro atoms. The SMILES string of the molecule is CCOC(=O)c1c(C2CC2)csc1NC(=O)CSc1nncn1CC. The van der Waals surface area contributed by atoms with Gasteiger partial charge in [0.15, 0.2) is 5.16 Å². The van der Waals surface area contributed by atoms with E-state index >= 15 is 0 Å². The highest BCUT2D eigenvalue weighted by Gasteiger charge is 2.32. The molecule has 0 bridgehead atoms. The van der Waals surface area contributed by atoms with Crippen molar-refractivity contribution < 1.29 is 14.3 Å². The van der Waals surface area contributed by atoms with Gasteiger partial charge in [0.1, 0.15) is 11.3 Å². The van der Waals surface area contributed by atoms with Crippen LogP contribution in [0, 0.1) is 0 Å². The molecule has 0 aliphatic heterocycles. The van der Waals surface area contributed by atoms with Crippen LogP contribution in [0.2, 0.25) is 0 Å². The molecule has 1 fully saturated rings. The molecule has 7 nitrogen and oxygen atoms in total. The van der Waals surface area contributed by atoms with Gasteiger partial charge in [-0.1, -0.05) is 11.8 Å². The number of aromatic nitrogens is 3. The topological polar surface area (TPSA) is 86.1 Å². The highest BCUT2D eigenvalue weighted by molar-refractivity contribution is 7.99. The number of nitrogens with zero attached hydrogens (tertiary/aromatic N) is 3. The summed E-state index contributed by atoms with van der Waals surface area (Å²) >= 11 is 2.70. The van der Waals surface area contributed by atoms with Crippen molar-refractivity contribution in [1.82, 2.24) is 14.8 Å². The van der Waals surface area contributed by atoms with E-state index < -0.39 is 0 Å². The molecule has 0 unspecified atom stereocenters. The average Bonchev–Trinajstić information content (AvgIpc) is 3.19. The smallest absolute Gasteiger partial charge is 0.341 e. The lowest BCUT2D eigenvalue weighted by atomic mass is 10.1. The van der Waals surface area contributed by atoms with Crippen LogP contribution in [0.5, 0.6) is 0 Å². The van der Waals surface area contributed by atoms with Crippen LogP contribution in [0.4, 0.5) is 5.00 Å². The largest absolute Gasteiger partial charge is 0.462 e. The normalized spacial score (nSPS) is 13.7. The Morgan fingerprint density at radius 2 is 2.24 bits per heavy atom. The Balaban J connectivity index is 1.67. The number of thioether (sulfide) groups is 1. The van der Waals surface area contributed by atoms with Crippen LogP contribution in [-0.2, 0) is 16.1 Å². The number of rotatable bonds is 8. The monoisotopic (exact) mass is 380 g/mol. The lowest BCUT2D eigenvalue weighted by Crippen LogP contribution is -2.17. The maximum Gasteiger partial charge on any atom is 0.341 e. The van der Waals surface area contributed by atoms with E-state index in [-0.39, 0.29) is 17.6 Å². The molecular weight excluding hydrogens is 360 g/mol. The highest BCUT2D eigenvalue weighted by atomic mass is 32.2. The Labute approximate surface area is 154 Å². The highest BCUT2D eigenvalue weighted by Crippen LogP contribution is 2.46. The first kappa shape index (κ1) is 17.9. The zero-order chi connectivity index (χ0) is 17.8. The van der Waals surface area contributed by atoms with Crippen molar-refractivity contribution in [2.45, 2.75) is 44.3 Å². The average molecular weight is 380 g/mol. The van der Waals surface area contributed by atoms with Gasteiger partial charge in [-0.15, -0.1) is 21.5 Å². The van der Waals surface area contributed by atoms with Gasteiger partial charge in [0.05, 0.1) is 17.9 Å². The summed E-state index contributed by atoms with van der Waals surface area (Å²) in [6.45, 7) is 4.83. The molecule has 2 aromatic rings. The van der Waals surface area contributed by atoms with Crippen LogP contribution >= 0.6 is 23.1 Å². The summed E-state index contributed by atoms with van der Waals surface area (Å²) in [6, 6.07) is 0. The van der Waals surface area contributed by atoms with Crippen molar-refractivity contribution in [2.75, 3.05) is 17.7 Å². The van der Waals surface area contributed by atoms with Crippen molar-refractivity contribution in [1.29, 1.82) is 0 Å². The predicted octanol–water partition coefficient (Wildman–Crippen LogP) is 3.14. The van der Waals surface area contributed by atoms with E-state index in [1.54, 1.807) is 13.3 Å². The molecule has 9 heteroatoms. The fraction of sp³-hybridized carbons (Fsp3) is 0.500. The maximum absolute atomic E-state index is 12.3. The van der Waals surface area contributed by atoms with Crippen molar-refractivity contribution in [3.63, 3.8) is 0 Å². The lowest BCUT2D eigenvalue weighted by molar-refractivity contribution is -0.113. The molecule has 134 valence electrons. The molecule has 25 heavy (non-hydrogen) atoms. The predicted molar refractivity (Wildman–Crippen MR) is 97.3 cm³/mol. The van der Waals surface area contributed by atoms with Gasteiger partial charge in [0.25, 0.3) is 0 Å². The summed E-state index contributed by atoms with van der Waals surface area (Å²) in [5, 5.41) is 13.9. The Hall–Kier alpha value is -1.87. The molecule has 0 atom stereocenters. The number of nitrogens with one attached hydrogen (secondary N) is 1. The van der Waals surface area contributed by atoms with Gasteiger partial charge in [0.2, 0.25) is 5.91 Å². The molecule has 3 rings (SSSR count). The van der Waals surface area contributed by atoms with Crippen LogP contribution in [0.25, 0.3) is 0 Å². The Morgan fingerprint density at radius 1 is 1.44 bits per heavy atom. The summed E-state index contributed by atoms with van der Waals surface area (Å²) in [7, 11) is 0. The number of ether oxygens (including phenoxy) is 1. The minimum Gasteiger partial charge on any atom is -0.462 e. The van der Waals surface area contributed by atoms with E-state index in [1.807, 2.05) is 16.9 Å². The fourth-order valence-electron chi connectivity index (χ4n) is 2.44. The van der Waals surface area contributed by atoms with E-state index in [1.165, 1.54) is 23.1 Å². The van der Waals surface area contributed by atoms with Gasteiger partial charge < -0.3 is 14.6 Å². The quantitative estimate of drug-likeness (QED) is 0.559. The molecule has 0 radical (unpaired) electrons. The number of hydrogen-bond donors (Lipinski definition) is 1. The van der Waals surface area contributed by atoms with Crippen molar-refractivity contribution in [3.8, 4) is 0 Å². The van der Waals surface area contributed by atoms with Gasteiger partial charge >= 0.3 is 5.97 Å². The van der Waals surface area contributed by atoms with Crippen LogP contribution < -0.4 is 5.32 Å². The number of carbonyl (C=O) groups excluding carboxylic acids is 2. The standard InChI is InChI=1S/C16H20N4O3S2/c1-3-20-9-17-19-16(20)25-8-12(21)18-14-13(15(22)23-4-2)11(7-24-14)10-5-6-10/h7,9-10H,3-6,8H2,1-2H3,(H,18,21). The van der Waals surface area contributed by atoms with Crippen molar-refractivity contribution >= 4 is 40.0 Å². The third-order valence-electron chi connectivity index (χ3n) is 3.82. The van der Waals surface area contributed by atoms with Gasteiger partial charge in [-0.2, -0.15) is 0 Å². The van der Waals surface area contributed by atoms with Crippen LogP contribution in [0.3, 0.4) is 0 Å². The summed E-state index contributed by atoms with van der Waals surface area (Å²) in [5.41, 5.74) is 1.52. The van der Waals surface area contributed by atoms with Crippen LogP contribution in [-0.4, -0.2) is 39.0 Å². The fourth-order valence-corrected chi connectivity index (χ4v) is 4.26. The van der Waals surface area contributed by atoms with Gasteiger partial charge in [-0.05, 0) is 43.6 Å². The van der Waals surface area contributed by atoms with Crippen molar-refractivity contribution in [3.05, 3.63) is 22.8 Å². The first-order chi connectivity index (χ1) is 12.1. The van der Waals surface area contributed by atoms with Gasteiger partial charge in [-0.3, -0.25) is 4.79 Å². The second-order valence-corrected chi connectivity index (χ2v) is 7.45. The second-order valence-electron chi connectivity index (χ2n) is 5.63. The zero-order valence-corrected chi connectivity index (χ0v) is 15.8. The minimum atomic E-state index is -0.362. The molecule has 1 aliphatic carbocycles. The van der Waals surface area contributed by atoms with Gasteiger partial charge in [0, 0.05) is 6.54 Å². The number of carbonyl (C=O) groups is 2.